The highest BCUT2D eigenvalue weighted by Gasteiger charge is 2.32. The number of hydrogen-bond donors (Lipinski definition) is 2. The van der Waals surface area contributed by atoms with Gasteiger partial charge in [0.1, 0.15) is 11.4 Å². The lowest BCUT2D eigenvalue weighted by Gasteiger charge is -2.38. The van der Waals surface area contributed by atoms with Crippen molar-refractivity contribution >= 4 is 51.0 Å². The smallest absolute Gasteiger partial charge is 0.416 e. The lowest BCUT2D eigenvalue weighted by Crippen LogP contribution is -2.48. The number of rotatable bonds is 10. The summed E-state index contributed by atoms with van der Waals surface area (Å²) in [6.07, 6.45) is -4.10. The van der Waals surface area contributed by atoms with Crippen molar-refractivity contribution < 1.29 is 23.0 Å². The fourth-order valence-electron chi connectivity index (χ4n) is 7.61. The normalized spacial score (nSPS) is 16.4. The number of benzene rings is 2. The molecule has 0 spiro atoms. The Morgan fingerprint density at radius 2 is 1.72 bits per heavy atom. The summed E-state index contributed by atoms with van der Waals surface area (Å²) in [6, 6.07) is 8.95. The summed E-state index contributed by atoms with van der Waals surface area (Å²) in [4.78, 5) is 27.9. The molecule has 0 atom stereocenters. The Hall–Kier alpha value is -5.10. The molecule has 2 aromatic carbocycles. The Morgan fingerprint density at radius 3 is 2.42 bits per heavy atom. The largest absolute Gasteiger partial charge is 0.503 e. The van der Waals surface area contributed by atoms with Gasteiger partial charge in [-0.3, -0.25) is 4.79 Å². The Balaban J connectivity index is 1.10. The van der Waals surface area contributed by atoms with Crippen LogP contribution in [-0.2, 0) is 37.1 Å². The van der Waals surface area contributed by atoms with Gasteiger partial charge in [-0.1, -0.05) is 43.8 Å². The summed E-state index contributed by atoms with van der Waals surface area (Å²) in [5.74, 6) is 0.790. The van der Waals surface area contributed by atoms with Gasteiger partial charge in [-0.05, 0) is 60.4 Å². The summed E-state index contributed by atoms with van der Waals surface area (Å²) < 4.78 is 53.4. The standard InChI is InChI=1S/C39H42ClF3N10O3S/c1-5-31-33(50-16-14-49(15-17-50)24(3)32-34(54)37(57-47-32)51-12-10-48(4)11-13-51)36(55)53-38(45-35(46-53)25-6-7-26-21-56-22-27(26)18-25)52(31)20-23(2)44-30-9-8-28(19-29(30)40)39(41,42)43/h6-9,18-19,44,54H,2-3,5,10-17,20-22H2,1,4H3. The average molecular weight is 823 g/mol. The van der Waals surface area contributed by atoms with Crippen LogP contribution in [0.1, 0.15) is 35.0 Å². The zero-order valence-electron chi connectivity index (χ0n) is 31.6. The average Bonchev–Trinajstić information content (AvgIpc) is 3.95. The number of piperazine rings is 2. The predicted molar refractivity (Wildman–Crippen MR) is 216 cm³/mol. The van der Waals surface area contributed by atoms with Gasteiger partial charge in [-0.15, -0.1) is 5.10 Å². The van der Waals surface area contributed by atoms with E-state index in [2.05, 4.69) is 44.6 Å². The molecule has 18 heteroatoms. The highest BCUT2D eigenvalue weighted by Crippen LogP contribution is 2.40. The van der Waals surface area contributed by atoms with E-state index in [1.54, 1.807) is 0 Å². The molecule has 3 aliphatic rings. The molecule has 0 bridgehead atoms. The monoisotopic (exact) mass is 822 g/mol. The van der Waals surface area contributed by atoms with E-state index < -0.39 is 11.7 Å². The van der Waals surface area contributed by atoms with E-state index in [1.807, 2.05) is 34.6 Å². The van der Waals surface area contributed by atoms with Gasteiger partial charge in [0.15, 0.2) is 16.6 Å². The van der Waals surface area contributed by atoms with Crippen LogP contribution in [0.15, 0.2) is 60.0 Å². The fourth-order valence-corrected chi connectivity index (χ4v) is 8.69. The van der Waals surface area contributed by atoms with Crippen molar-refractivity contribution in [3.05, 3.63) is 98.7 Å². The van der Waals surface area contributed by atoms with Gasteiger partial charge >= 0.3 is 6.18 Å². The number of nitrogens with zero attached hydrogens (tertiary/aromatic N) is 9. The van der Waals surface area contributed by atoms with Crippen LogP contribution in [0, 0.1) is 0 Å². The number of fused-ring (bicyclic) bond motifs is 2. The van der Waals surface area contributed by atoms with Crippen molar-refractivity contribution in [3.8, 4) is 17.1 Å². The van der Waals surface area contributed by atoms with Crippen molar-refractivity contribution in [1.29, 1.82) is 0 Å². The number of aromatic hydroxyl groups is 1. The second-order valence-electron chi connectivity index (χ2n) is 14.5. The number of likely N-dealkylation sites (N-methyl/N-ethyl adjacent to an activating group) is 1. The van der Waals surface area contributed by atoms with Crippen molar-refractivity contribution in [2.45, 2.75) is 39.3 Å². The molecule has 300 valence electrons. The summed E-state index contributed by atoms with van der Waals surface area (Å²) >= 11 is 7.57. The first-order chi connectivity index (χ1) is 27.3. The Morgan fingerprint density at radius 1 is 1.00 bits per heavy atom. The molecule has 2 saturated heterocycles. The third-order valence-electron chi connectivity index (χ3n) is 10.8. The third-order valence-corrected chi connectivity index (χ3v) is 12.0. The topological polar surface area (TPSA) is 120 Å². The molecule has 13 nitrogen and oxygen atoms in total. The Kier molecular flexibility index (Phi) is 10.4. The molecule has 57 heavy (non-hydrogen) atoms. The molecule has 0 aliphatic carbocycles. The molecule has 5 aromatic rings. The van der Waals surface area contributed by atoms with E-state index in [4.69, 9.17) is 26.4 Å². The van der Waals surface area contributed by atoms with Gasteiger partial charge in [0.05, 0.1) is 47.4 Å². The Labute approximate surface area is 336 Å². The second-order valence-corrected chi connectivity index (χ2v) is 15.6. The van der Waals surface area contributed by atoms with Crippen LogP contribution in [0.25, 0.3) is 22.9 Å². The lowest BCUT2D eigenvalue weighted by atomic mass is 10.1. The molecule has 2 fully saturated rings. The van der Waals surface area contributed by atoms with Gasteiger partial charge in [0.25, 0.3) is 5.56 Å². The highest BCUT2D eigenvalue weighted by molar-refractivity contribution is 7.10. The predicted octanol–water partition coefficient (Wildman–Crippen LogP) is 6.16. The van der Waals surface area contributed by atoms with E-state index in [1.165, 1.54) is 22.1 Å². The van der Waals surface area contributed by atoms with E-state index >= 15 is 0 Å². The van der Waals surface area contributed by atoms with Crippen LogP contribution in [0.2, 0.25) is 5.02 Å². The van der Waals surface area contributed by atoms with Crippen LogP contribution >= 0.6 is 23.1 Å². The second kappa shape index (κ2) is 15.3. The highest BCUT2D eigenvalue weighted by atomic mass is 35.5. The maximum atomic E-state index is 14.5. The number of ether oxygens (including phenoxy) is 1. The number of halogens is 4. The number of hydrogen-bond acceptors (Lipinski definition) is 12. The van der Waals surface area contributed by atoms with Crippen LogP contribution in [0.4, 0.5) is 29.5 Å². The molecule has 0 unspecified atom stereocenters. The summed E-state index contributed by atoms with van der Waals surface area (Å²) in [7, 11) is 2.08. The molecule has 3 aromatic heterocycles. The molecular formula is C39H42ClF3N10O3S. The first kappa shape index (κ1) is 38.8. The van der Waals surface area contributed by atoms with Gasteiger partial charge in [-0.2, -0.15) is 27.0 Å². The number of anilines is 3. The number of alkyl halides is 3. The first-order valence-electron chi connectivity index (χ1n) is 18.7. The summed E-state index contributed by atoms with van der Waals surface area (Å²) in [5, 5.41) is 19.7. The van der Waals surface area contributed by atoms with Crippen LogP contribution < -0.4 is 20.7 Å². The Bertz CT molecular complexity index is 2430. The summed E-state index contributed by atoms with van der Waals surface area (Å²) in [6.45, 7) is 16.9. The number of nitrogens with one attached hydrogen (secondary N) is 1. The minimum absolute atomic E-state index is 0.100. The molecule has 0 amide bonds. The van der Waals surface area contributed by atoms with Crippen molar-refractivity contribution in [2.24, 2.45) is 0 Å². The minimum atomic E-state index is -4.54. The molecule has 8 rings (SSSR count). The SMILES string of the molecule is C=C(Cn1c(CC)c(N2CCN(C(=C)c3nsc(N4CCN(C)CC4)c3O)CC2)c(=O)n2nc(-c3ccc4c(c3)COC4)nc12)Nc1ccc(C(F)(F)F)cc1Cl. The van der Waals surface area contributed by atoms with Gasteiger partial charge in [-0.25, -0.2) is 0 Å². The first-order valence-corrected chi connectivity index (χ1v) is 19.8. The van der Waals surface area contributed by atoms with E-state index in [9.17, 15) is 23.1 Å². The van der Waals surface area contributed by atoms with Crippen molar-refractivity contribution in [2.75, 3.05) is 74.5 Å². The number of allylic oxidation sites excluding steroid dienone is 1. The quantitative estimate of drug-likeness (QED) is 0.169. The van der Waals surface area contributed by atoms with Crippen LogP contribution in [0.3, 0.4) is 0 Å². The van der Waals surface area contributed by atoms with Crippen LogP contribution in [-0.4, -0.2) is 97.9 Å². The minimum Gasteiger partial charge on any atom is -0.503 e. The zero-order valence-corrected chi connectivity index (χ0v) is 33.1. The van der Waals surface area contributed by atoms with E-state index in [0.29, 0.717) is 80.1 Å². The van der Waals surface area contributed by atoms with Gasteiger partial charge < -0.3 is 39.3 Å². The van der Waals surface area contributed by atoms with Gasteiger partial charge in [0, 0.05) is 63.6 Å². The van der Waals surface area contributed by atoms with E-state index in [0.717, 1.165) is 60.0 Å². The number of aromatic nitrogens is 5. The van der Waals surface area contributed by atoms with Crippen LogP contribution in [0.5, 0.6) is 5.75 Å². The molecule has 0 saturated carbocycles. The molecule has 6 heterocycles. The summed E-state index contributed by atoms with van der Waals surface area (Å²) in [5.41, 5.74) is 4.56. The van der Waals surface area contributed by atoms with Crippen molar-refractivity contribution in [3.63, 3.8) is 0 Å². The maximum Gasteiger partial charge on any atom is 0.416 e. The molecule has 2 N–H and O–H groups in total. The third kappa shape index (κ3) is 7.44. The fraction of sp³-hybridized carbons (Fsp3) is 0.385. The molecule has 0 radical (unpaired) electrons. The van der Waals surface area contributed by atoms with Crippen molar-refractivity contribution in [1.82, 2.24) is 33.3 Å². The van der Waals surface area contributed by atoms with E-state index in [-0.39, 0.29) is 34.3 Å². The molecular weight excluding hydrogens is 781 g/mol. The maximum absolute atomic E-state index is 14.5. The zero-order chi connectivity index (χ0) is 40.2. The molecule has 3 aliphatic heterocycles. The lowest BCUT2D eigenvalue weighted by molar-refractivity contribution is -0.137. The van der Waals surface area contributed by atoms with Gasteiger partial charge in [0.2, 0.25) is 5.78 Å².